The van der Waals surface area contributed by atoms with Crippen LogP contribution in [-0.2, 0) is 14.9 Å². The van der Waals surface area contributed by atoms with Crippen LogP contribution in [0.5, 0.6) is 0 Å². The van der Waals surface area contributed by atoms with Crippen LogP contribution in [0.3, 0.4) is 0 Å². The molecule has 8 nitrogen and oxygen atoms in total. The van der Waals surface area contributed by atoms with Crippen LogP contribution in [0.15, 0.2) is 59.0 Å². The molecule has 0 saturated carbocycles. The lowest BCUT2D eigenvalue weighted by Crippen LogP contribution is -2.51. The number of carbonyl (C=O) groups excluding carboxylic acids is 2. The van der Waals surface area contributed by atoms with Crippen LogP contribution >= 0.6 is 0 Å². The van der Waals surface area contributed by atoms with Crippen LogP contribution in [0.4, 0.5) is 9.18 Å². The molecule has 0 aliphatic carbocycles. The molecule has 1 fully saturated rings. The van der Waals surface area contributed by atoms with Gasteiger partial charge in [0.2, 0.25) is 5.89 Å². The standard InChI is InChI=1S/C24H24FN3O5/c1-27(31)23(30)28-14-12-24(13-15-28,22(29)32-2)21-26-19(16-8-10-18(25)11-9-16)20(33-21)17-6-4-3-5-7-17/h3-11,31H,12-15H2,1-2H3. The number of piperidine rings is 1. The first-order chi connectivity index (χ1) is 15.9. The Morgan fingerprint density at radius 2 is 1.73 bits per heavy atom. The minimum Gasteiger partial charge on any atom is -0.468 e. The molecule has 1 aromatic heterocycles. The quantitative estimate of drug-likeness (QED) is 0.363. The number of urea groups is 1. The second-order valence-electron chi connectivity index (χ2n) is 7.94. The molecule has 1 N–H and O–H groups in total. The molecule has 1 aliphatic heterocycles. The van der Waals surface area contributed by atoms with Crippen molar-refractivity contribution in [2.45, 2.75) is 18.3 Å². The van der Waals surface area contributed by atoms with Gasteiger partial charge in [0.15, 0.2) is 5.76 Å². The molecule has 9 heteroatoms. The monoisotopic (exact) mass is 453 g/mol. The summed E-state index contributed by atoms with van der Waals surface area (Å²) < 4.78 is 24.9. The third-order valence-electron chi connectivity index (χ3n) is 5.93. The number of amides is 2. The smallest absolute Gasteiger partial charge is 0.343 e. The summed E-state index contributed by atoms with van der Waals surface area (Å²) in [6.45, 7) is 0.404. The molecular formula is C24H24FN3O5. The number of esters is 1. The number of rotatable bonds is 4. The van der Waals surface area contributed by atoms with Crippen LogP contribution < -0.4 is 0 Å². The summed E-state index contributed by atoms with van der Waals surface area (Å²) in [4.78, 5) is 31.3. The van der Waals surface area contributed by atoms with E-state index in [1.54, 1.807) is 12.1 Å². The van der Waals surface area contributed by atoms with Crippen molar-refractivity contribution in [1.29, 1.82) is 0 Å². The van der Waals surface area contributed by atoms with E-state index in [2.05, 4.69) is 0 Å². The summed E-state index contributed by atoms with van der Waals surface area (Å²) in [6, 6.07) is 14.6. The fourth-order valence-electron chi connectivity index (χ4n) is 4.10. The van der Waals surface area contributed by atoms with E-state index in [-0.39, 0.29) is 37.6 Å². The van der Waals surface area contributed by atoms with Crippen LogP contribution in [0.25, 0.3) is 22.6 Å². The van der Waals surface area contributed by atoms with Crippen molar-refractivity contribution in [3.8, 4) is 22.6 Å². The summed E-state index contributed by atoms with van der Waals surface area (Å²) in [5.41, 5.74) is 0.666. The Morgan fingerprint density at radius 3 is 2.30 bits per heavy atom. The normalized spacial score (nSPS) is 15.2. The van der Waals surface area contributed by atoms with E-state index in [9.17, 15) is 19.2 Å². The van der Waals surface area contributed by atoms with Gasteiger partial charge in [-0.1, -0.05) is 30.3 Å². The Morgan fingerprint density at radius 1 is 1.09 bits per heavy atom. The van der Waals surface area contributed by atoms with E-state index >= 15 is 0 Å². The molecule has 2 amide bonds. The highest BCUT2D eigenvalue weighted by Crippen LogP contribution is 2.42. The molecule has 2 aromatic carbocycles. The largest absolute Gasteiger partial charge is 0.468 e. The Kier molecular flexibility index (Phi) is 6.15. The molecule has 1 aliphatic rings. The van der Waals surface area contributed by atoms with Gasteiger partial charge in [0.05, 0.1) is 7.11 Å². The number of carbonyl (C=O) groups is 2. The van der Waals surface area contributed by atoms with E-state index < -0.39 is 17.4 Å². The fourth-order valence-corrected chi connectivity index (χ4v) is 4.10. The number of aromatic nitrogens is 1. The first kappa shape index (κ1) is 22.5. The highest BCUT2D eigenvalue weighted by Gasteiger charge is 2.49. The van der Waals surface area contributed by atoms with Gasteiger partial charge in [0, 0.05) is 31.3 Å². The molecule has 0 spiro atoms. The van der Waals surface area contributed by atoms with E-state index in [1.165, 1.54) is 31.2 Å². The molecule has 0 unspecified atom stereocenters. The predicted octanol–water partition coefficient (Wildman–Crippen LogP) is 4.10. The van der Waals surface area contributed by atoms with Gasteiger partial charge in [-0.2, -0.15) is 0 Å². The maximum absolute atomic E-state index is 13.5. The van der Waals surface area contributed by atoms with Crippen molar-refractivity contribution in [3.63, 3.8) is 0 Å². The van der Waals surface area contributed by atoms with Crippen molar-refractivity contribution >= 4 is 12.0 Å². The summed E-state index contributed by atoms with van der Waals surface area (Å²) in [6.07, 6.45) is 0.410. The van der Waals surface area contributed by atoms with Crippen molar-refractivity contribution in [2.24, 2.45) is 0 Å². The molecule has 1 saturated heterocycles. The third-order valence-corrected chi connectivity index (χ3v) is 5.93. The number of hydrogen-bond acceptors (Lipinski definition) is 6. The third kappa shape index (κ3) is 4.19. The van der Waals surface area contributed by atoms with Gasteiger partial charge in [-0.15, -0.1) is 0 Å². The van der Waals surface area contributed by atoms with Gasteiger partial charge in [-0.25, -0.2) is 19.2 Å². The highest BCUT2D eigenvalue weighted by molar-refractivity contribution is 5.84. The number of hydrogen-bond donors (Lipinski definition) is 1. The molecule has 3 aromatic rings. The lowest BCUT2D eigenvalue weighted by Gasteiger charge is -2.38. The Hall–Kier alpha value is -3.72. The molecule has 0 bridgehead atoms. The summed E-state index contributed by atoms with van der Waals surface area (Å²) >= 11 is 0. The number of halogens is 1. The lowest BCUT2D eigenvalue weighted by molar-refractivity contribution is -0.150. The zero-order valence-electron chi connectivity index (χ0n) is 18.3. The van der Waals surface area contributed by atoms with E-state index in [1.807, 2.05) is 30.3 Å². The molecule has 0 atom stereocenters. The maximum atomic E-state index is 13.5. The van der Waals surface area contributed by atoms with Gasteiger partial charge in [-0.05, 0) is 37.1 Å². The molecule has 0 radical (unpaired) electrons. The molecule has 4 rings (SSSR count). The molecule has 172 valence electrons. The van der Waals surface area contributed by atoms with Gasteiger partial charge in [0.25, 0.3) is 0 Å². The topological polar surface area (TPSA) is 96.1 Å². The second kappa shape index (κ2) is 9.03. The number of hydroxylamine groups is 2. The first-order valence-corrected chi connectivity index (χ1v) is 10.5. The zero-order chi connectivity index (χ0) is 23.6. The highest BCUT2D eigenvalue weighted by atomic mass is 19.1. The van der Waals surface area contributed by atoms with Crippen molar-refractivity contribution in [1.82, 2.24) is 14.9 Å². The van der Waals surface area contributed by atoms with E-state index in [0.29, 0.717) is 22.1 Å². The van der Waals surface area contributed by atoms with Crippen molar-refractivity contribution in [3.05, 3.63) is 66.3 Å². The number of nitrogens with zero attached hydrogens (tertiary/aromatic N) is 3. The Labute approximate surface area is 190 Å². The number of methoxy groups -OCH3 is 1. The number of likely N-dealkylation sites (tertiary alicyclic amines) is 1. The number of benzene rings is 2. The minimum atomic E-state index is -1.21. The first-order valence-electron chi connectivity index (χ1n) is 10.5. The number of oxazole rings is 1. The second-order valence-corrected chi connectivity index (χ2v) is 7.94. The van der Waals surface area contributed by atoms with E-state index in [0.717, 1.165) is 5.56 Å². The zero-order valence-corrected chi connectivity index (χ0v) is 18.3. The van der Waals surface area contributed by atoms with Crippen LogP contribution in [0, 0.1) is 5.82 Å². The van der Waals surface area contributed by atoms with Crippen molar-refractivity contribution < 1.29 is 28.3 Å². The van der Waals surface area contributed by atoms with Crippen molar-refractivity contribution in [2.75, 3.05) is 27.2 Å². The fraction of sp³-hybridized carbons (Fsp3) is 0.292. The minimum absolute atomic E-state index is 0.178. The van der Waals surface area contributed by atoms with Crippen LogP contribution in [-0.4, -0.2) is 59.4 Å². The predicted molar refractivity (Wildman–Crippen MR) is 117 cm³/mol. The molecule has 2 heterocycles. The van der Waals surface area contributed by atoms with Gasteiger partial charge < -0.3 is 14.1 Å². The average molecular weight is 453 g/mol. The van der Waals surface area contributed by atoms with E-state index in [4.69, 9.17) is 14.1 Å². The lowest BCUT2D eigenvalue weighted by atomic mass is 9.78. The van der Waals surface area contributed by atoms with Gasteiger partial charge in [-0.3, -0.25) is 10.0 Å². The average Bonchev–Trinajstić information content (AvgIpc) is 3.30. The van der Waals surface area contributed by atoms with Crippen LogP contribution in [0.1, 0.15) is 18.7 Å². The summed E-state index contributed by atoms with van der Waals surface area (Å²) in [5, 5.41) is 9.99. The summed E-state index contributed by atoms with van der Waals surface area (Å²) in [7, 11) is 2.55. The van der Waals surface area contributed by atoms with Gasteiger partial charge >= 0.3 is 12.0 Å². The van der Waals surface area contributed by atoms with Crippen LogP contribution in [0.2, 0.25) is 0 Å². The SMILES string of the molecule is COC(=O)C1(c2nc(-c3ccc(F)cc3)c(-c3ccccc3)o2)CCN(C(=O)N(C)O)CC1. The Bertz CT molecular complexity index is 1140. The molecule has 33 heavy (non-hydrogen) atoms. The number of ether oxygens (including phenoxy) is 1. The molecular weight excluding hydrogens is 429 g/mol. The van der Waals surface area contributed by atoms with Gasteiger partial charge in [0.1, 0.15) is 16.9 Å². The maximum Gasteiger partial charge on any atom is 0.343 e. The summed E-state index contributed by atoms with van der Waals surface area (Å²) in [5.74, 6) is -0.259. The Balaban J connectivity index is 1.80.